The van der Waals surface area contributed by atoms with Gasteiger partial charge in [-0.3, -0.25) is 4.90 Å². The number of halogens is 3. The van der Waals surface area contributed by atoms with Gasteiger partial charge in [-0.2, -0.15) is 13.2 Å². The van der Waals surface area contributed by atoms with E-state index in [1.54, 1.807) is 4.90 Å². The highest BCUT2D eigenvalue weighted by atomic mass is 19.4. The summed E-state index contributed by atoms with van der Waals surface area (Å²) in [6, 6.07) is -0.0548. The summed E-state index contributed by atoms with van der Waals surface area (Å²) in [4.78, 5) is 1.65. The van der Waals surface area contributed by atoms with Crippen molar-refractivity contribution in [2.24, 2.45) is 0 Å². The largest absolute Gasteiger partial charge is 0.418 e. The third-order valence-corrected chi connectivity index (χ3v) is 2.88. The van der Waals surface area contributed by atoms with Crippen LogP contribution in [0.4, 0.5) is 13.2 Å². The van der Waals surface area contributed by atoms with Crippen molar-refractivity contribution in [2.75, 3.05) is 6.54 Å². The second-order valence-electron chi connectivity index (χ2n) is 4.74. The minimum Gasteiger partial charge on any atom is -0.379 e. The summed E-state index contributed by atoms with van der Waals surface area (Å²) in [6.07, 6.45) is -4.91. The van der Waals surface area contributed by atoms with Gasteiger partial charge in [-0.15, -0.1) is 0 Å². The van der Waals surface area contributed by atoms with E-state index in [9.17, 15) is 18.3 Å². The summed E-state index contributed by atoms with van der Waals surface area (Å²) in [5.41, 5.74) is -2.61. The van der Waals surface area contributed by atoms with Crippen LogP contribution in [-0.4, -0.2) is 40.4 Å². The second-order valence-corrected chi connectivity index (χ2v) is 4.74. The van der Waals surface area contributed by atoms with E-state index in [2.05, 4.69) is 0 Å². The molecule has 0 aliphatic carbocycles. The van der Waals surface area contributed by atoms with Gasteiger partial charge in [0.2, 0.25) is 0 Å². The molecule has 0 amide bonds. The van der Waals surface area contributed by atoms with Crippen LogP contribution in [0.3, 0.4) is 0 Å². The molecule has 0 aliphatic rings. The van der Waals surface area contributed by atoms with Gasteiger partial charge in [0.15, 0.2) is 5.60 Å². The van der Waals surface area contributed by atoms with Gasteiger partial charge in [0.25, 0.3) is 0 Å². The Hall–Kier alpha value is -0.290. The van der Waals surface area contributed by atoms with Gasteiger partial charge >= 0.3 is 6.18 Å². The first-order chi connectivity index (χ1) is 7.05. The van der Waals surface area contributed by atoms with Crippen LogP contribution in [0.1, 0.15) is 41.0 Å². The van der Waals surface area contributed by atoms with Crippen LogP contribution in [0.25, 0.3) is 0 Å². The van der Waals surface area contributed by atoms with E-state index in [1.807, 2.05) is 27.7 Å². The fraction of sp³-hybridized carbons (Fsp3) is 1.00. The molecule has 0 fully saturated rings. The van der Waals surface area contributed by atoms with Crippen molar-refractivity contribution < 1.29 is 18.3 Å². The minimum absolute atomic E-state index is 0.0274. The van der Waals surface area contributed by atoms with Crippen LogP contribution in [0.5, 0.6) is 0 Å². The number of nitrogens with zero attached hydrogens (tertiary/aromatic N) is 1. The fourth-order valence-electron chi connectivity index (χ4n) is 1.67. The Labute approximate surface area is 95.4 Å². The molecule has 0 heterocycles. The zero-order chi connectivity index (χ0) is 13.1. The van der Waals surface area contributed by atoms with E-state index in [0.717, 1.165) is 0 Å². The quantitative estimate of drug-likeness (QED) is 0.800. The van der Waals surface area contributed by atoms with Crippen molar-refractivity contribution in [3.05, 3.63) is 0 Å². The van der Waals surface area contributed by atoms with Crippen molar-refractivity contribution in [1.29, 1.82) is 0 Å². The highest BCUT2D eigenvalue weighted by Crippen LogP contribution is 2.34. The van der Waals surface area contributed by atoms with E-state index < -0.39 is 11.8 Å². The maximum Gasteiger partial charge on any atom is 0.418 e. The van der Waals surface area contributed by atoms with Gasteiger partial charge in [0, 0.05) is 18.6 Å². The Morgan fingerprint density at radius 3 is 1.62 bits per heavy atom. The number of alkyl halides is 3. The molecular weight excluding hydrogens is 219 g/mol. The molecule has 0 rings (SSSR count). The third kappa shape index (κ3) is 3.63. The molecule has 0 aromatic rings. The summed E-state index contributed by atoms with van der Waals surface area (Å²) < 4.78 is 38.1. The summed E-state index contributed by atoms with van der Waals surface area (Å²) in [5, 5.41) is 9.66. The van der Waals surface area contributed by atoms with Gasteiger partial charge in [-0.25, -0.2) is 0 Å². The monoisotopic (exact) mass is 241 g/mol. The topological polar surface area (TPSA) is 23.5 Å². The Bertz CT molecular complexity index is 208. The lowest BCUT2D eigenvalue weighted by Crippen LogP contribution is -2.56. The molecule has 0 spiro atoms. The minimum atomic E-state index is -4.58. The van der Waals surface area contributed by atoms with Crippen LogP contribution >= 0.6 is 0 Å². The number of hydrogen-bond acceptors (Lipinski definition) is 2. The standard InChI is InChI=1S/C11H22F3NO/c1-6-10(16,11(12,13)14)7-15(8(2)3)9(4)5/h8-9,16H,6-7H2,1-5H3. The average Bonchev–Trinajstić information content (AvgIpc) is 2.10. The Morgan fingerprint density at radius 1 is 1.06 bits per heavy atom. The lowest BCUT2D eigenvalue weighted by atomic mass is 9.98. The molecule has 0 aromatic carbocycles. The molecule has 98 valence electrons. The van der Waals surface area contributed by atoms with Crippen molar-refractivity contribution in [1.82, 2.24) is 4.90 Å². The van der Waals surface area contributed by atoms with Gasteiger partial charge in [-0.05, 0) is 34.1 Å². The smallest absolute Gasteiger partial charge is 0.379 e. The van der Waals surface area contributed by atoms with Crippen LogP contribution in [0.15, 0.2) is 0 Å². The molecule has 0 aromatic heterocycles. The van der Waals surface area contributed by atoms with Gasteiger partial charge in [0.1, 0.15) is 0 Å². The predicted molar refractivity (Wildman–Crippen MR) is 58.3 cm³/mol. The van der Waals surface area contributed by atoms with Crippen LogP contribution in [-0.2, 0) is 0 Å². The molecule has 1 N–H and O–H groups in total. The molecule has 5 heteroatoms. The zero-order valence-electron chi connectivity index (χ0n) is 10.6. The highest BCUT2D eigenvalue weighted by Gasteiger charge is 2.53. The summed E-state index contributed by atoms with van der Waals surface area (Å²) in [6.45, 7) is 8.28. The van der Waals surface area contributed by atoms with E-state index in [0.29, 0.717) is 0 Å². The maximum absolute atomic E-state index is 12.7. The van der Waals surface area contributed by atoms with Crippen LogP contribution in [0, 0.1) is 0 Å². The van der Waals surface area contributed by atoms with E-state index in [4.69, 9.17) is 0 Å². The molecule has 1 atom stereocenters. The molecular formula is C11H22F3NO. The first kappa shape index (κ1) is 15.7. The van der Waals surface area contributed by atoms with Crippen LogP contribution in [0.2, 0.25) is 0 Å². The highest BCUT2D eigenvalue weighted by molar-refractivity contribution is 4.90. The lowest BCUT2D eigenvalue weighted by molar-refractivity contribution is -0.268. The van der Waals surface area contributed by atoms with E-state index >= 15 is 0 Å². The first-order valence-corrected chi connectivity index (χ1v) is 5.60. The van der Waals surface area contributed by atoms with Gasteiger partial charge < -0.3 is 5.11 Å². The molecule has 0 aliphatic heterocycles. The van der Waals surface area contributed by atoms with Crippen molar-refractivity contribution in [3.63, 3.8) is 0 Å². The zero-order valence-corrected chi connectivity index (χ0v) is 10.6. The molecule has 0 bridgehead atoms. The normalized spacial score (nSPS) is 17.2. The van der Waals surface area contributed by atoms with Gasteiger partial charge in [0.05, 0.1) is 0 Å². The van der Waals surface area contributed by atoms with Gasteiger partial charge in [-0.1, -0.05) is 6.92 Å². The fourth-order valence-corrected chi connectivity index (χ4v) is 1.67. The van der Waals surface area contributed by atoms with Crippen molar-refractivity contribution in [2.45, 2.75) is 64.9 Å². The Kier molecular flexibility index (Phi) is 5.26. The number of rotatable bonds is 5. The number of hydrogen-bond donors (Lipinski definition) is 1. The summed E-state index contributed by atoms with van der Waals surface area (Å²) >= 11 is 0. The maximum atomic E-state index is 12.7. The lowest BCUT2D eigenvalue weighted by Gasteiger charge is -2.39. The summed E-state index contributed by atoms with van der Waals surface area (Å²) in [5.74, 6) is 0. The molecule has 0 radical (unpaired) electrons. The first-order valence-electron chi connectivity index (χ1n) is 5.60. The summed E-state index contributed by atoms with van der Waals surface area (Å²) in [7, 11) is 0. The second kappa shape index (κ2) is 5.36. The molecule has 2 nitrogen and oxygen atoms in total. The average molecular weight is 241 g/mol. The molecule has 0 saturated carbocycles. The number of aliphatic hydroxyl groups is 1. The molecule has 0 saturated heterocycles. The third-order valence-electron chi connectivity index (χ3n) is 2.88. The van der Waals surface area contributed by atoms with E-state index in [-0.39, 0.29) is 25.0 Å². The van der Waals surface area contributed by atoms with Crippen molar-refractivity contribution in [3.8, 4) is 0 Å². The van der Waals surface area contributed by atoms with Crippen LogP contribution < -0.4 is 0 Å². The van der Waals surface area contributed by atoms with E-state index in [1.165, 1.54) is 6.92 Å². The SMILES string of the molecule is CCC(O)(CN(C(C)C)C(C)C)C(F)(F)F. The van der Waals surface area contributed by atoms with Crippen molar-refractivity contribution >= 4 is 0 Å². The molecule has 1 unspecified atom stereocenters. The molecule has 16 heavy (non-hydrogen) atoms. The Balaban J connectivity index is 4.88. The Morgan fingerprint density at radius 2 is 1.44 bits per heavy atom. The predicted octanol–water partition coefficient (Wildman–Crippen LogP) is 2.81.